The van der Waals surface area contributed by atoms with Gasteiger partial charge in [-0.25, -0.2) is 0 Å². The van der Waals surface area contributed by atoms with Gasteiger partial charge < -0.3 is 10.6 Å². The third-order valence-corrected chi connectivity index (χ3v) is 3.64. The molecule has 0 spiro atoms. The number of aryl methyl sites for hydroxylation is 1. The molecule has 0 saturated heterocycles. The molecule has 0 fully saturated rings. The first-order chi connectivity index (χ1) is 7.95. The fourth-order valence-corrected chi connectivity index (χ4v) is 3.08. The van der Waals surface area contributed by atoms with Crippen molar-refractivity contribution < 1.29 is 4.79 Å². The summed E-state index contributed by atoms with van der Waals surface area (Å²) in [5.74, 6) is -0.0651. The minimum absolute atomic E-state index is 0.00426. The van der Waals surface area contributed by atoms with Gasteiger partial charge in [0.15, 0.2) is 0 Å². The molecule has 0 radical (unpaired) electrons. The number of carbonyl (C=O) groups is 1. The quantitative estimate of drug-likeness (QED) is 0.861. The van der Waals surface area contributed by atoms with Gasteiger partial charge in [-0.2, -0.15) is 0 Å². The Balaban J connectivity index is 2.85. The second-order valence-corrected chi connectivity index (χ2v) is 5.76. The van der Waals surface area contributed by atoms with Crippen LogP contribution in [0.3, 0.4) is 0 Å². The van der Waals surface area contributed by atoms with Crippen molar-refractivity contribution >= 4 is 43.5 Å². The second kappa shape index (κ2) is 6.52. The van der Waals surface area contributed by atoms with Gasteiger partial charge in [-0.3, -0.25) is 4.79 Å². The highest BCUT2D eigenvalue weighted by Gasteiger charge is 2.15. The van der Waals surface area contributed by atoms with Crippen molar-refractivity contribution in [1.82, 2.24) is 5.32 Å². The predicted octanol–water partition coefficient (Wildman–Crippen LogP) is 3.31. The smallest absolute Gasteiger partial charge is 0.228 e. The van der Waals surface area contributed by atoms with E-state index < -0.39 is 0 Å². The van der Waals surface area contributed by atoms with Crippen molar-refractivity contribution in [2.24, 2.45) is 5.92 Å². The van der Waals surface area contributed by atoms with Gasteiger partial charge in [-0.05, 0) is 63.5 Å². The first-order valence-electron chi connectivity index (χ1n) is 5.36. The molecule has 1 aromatic carbocycles. The van der Waals surface area contributed by atoms with Gasteiger partial charge in [-0.15, -0.1) is 0 Å². The van der Waals surface area contributed by atoms with Crippen LogP contribution < -0.4 is 10.6 Å². The van der Waals surface area contributed by atoms with Crippen LogP contribution in [-0.4, -0.2) is 19.5 Å². The van der Waals surface area contributed by atoms with E-state index in [1.54, 1.807) is 0 Å². The van der Waals surface area contributed by atoms with E-state index in [1.807, 2.05) is 33.0 Å². The highest BCUT2D eigenvalue weighted by atomic mass is 79.9. The molecular weight excluding hydrogens is 348 g/mol. The van der Waals surface area contributed by atoms with Gasteiger partial charge in [-0.1, -0.05) is 6.92 Å². The number of anilines is 1. The number of rotatable bonds is 4. The second-order valence-electron chi connectivity index (χ2n) is 4.05. The Morgan fingerprint density at radius 3 is 2.35 bits per heavy atom. The lowest BCUT2D eigenvalue weighted by Gasteiger charge is -2.14. The molecule has 0 bridgehead atoms. The maximum absolute atomic E-state index is 11.9. The third-order valence-electron chi connectivity index (χ3n) is 2.39. The fraction of sp³-hybridized carbons (Fsp3) is 0.417. The summed E-state index contributed by atoms with van der Waals surface area (Å²) < 4.78 is 1.77. The molecule has 0 aliphatic rings. The van der Waals surface area contributed by atoms with Gasteiger partial charge in [0.1, 0.15) is 0 Å². The Kier molecular flexibility index (Phi) is 5.62. The SMILES string of the molecule is CNCC(C)C(=O)Nc1c(Br)cc(C)cc1Br. The zero-order valence-corrected chi connectivity index (χ0v) is 13.3. The Hall–Kier alpha value is -0.390. The monoisotopic (exact) mass is 362 g/mol. The van der Waals surface area contributed by atoms with Crippen LogP contribution in [0.1, 0.15) is 12.5 Å². The summed E-state index contributed by atoms with van der Waals surface area (Å²) in [7, 11) is 1.83. The van der Waals surface area contributed by atoms with E-state index in [-0.39, 0.29) is 11.8 Å². The van der Waals surface area contributed by atoms with E-state index in [2.05, 4.69) is 42.5 Å². The maximum Gasteiger partial charge on any atom is 0.228 e. The van der Waals surface area contributed by atoms with Crippen LogP contribution in [-0.2, 0) is 4.79 Å². The van der Waals surface area contributed by atoms with Crippen molar-refractivity contribution in [3.8, 4) is 0 Å². The third kappa shape index (κ3) is 4.08. The molecule has 0 aromatic heterocycles. The van der Waals surface area contributed by atoms with Crippen molar-refractivity contribution in [3.63, 3.8) is 0 Å². The molecule has 2 N–H and O–H groups in total. The van der Waals surface area contributed by atoms with Gasteiger partial charge in [0, 0.05) is 21.4 Å². The number of amides is 1. The highest BCUT2D eigenvalue weighted by Crippen LogP contribution is 2.32. The van der Waals surface area contributed by atoms with Crippen molar-refractivity contribution in [1.29, 1.82) is 0 Å². The Labute approximate surface area is 119 Å². The summed E-state index contributed by atoms with van der Waals surface area (Å²) >= 11 is 6.91. The van der Waals surface area contributed by atoms with Crippen LogP contribution in [0.15, 0.2) is 21.1 Å². The first-order valence-corrected chi connectivity index (χ1v) is 6.95. The van der Waals surface area contributed by atoms with E-state index in [0.29, 0.717) is 6.54 Å². The van der Waals surface area contributed by atoms with Crippen LogP contribution in [0.25, 0.3) is 0 Å². The molecule has 94 valence electrons. The summed E-state index contributed by atoms with van der Waals surface area (Å²) in [4.78, 5) is 11.9. The van der Waals surface area contributed by atoms with E-state index in [4.69, 9.17) is 0 Å². The molecule has 1 amide bonds. The van der Waals surface area contributed by atoms with Gasteiger partial charge >= 0.3 is 0 Å². The zero-order valence-electron chi connectivity index (χ0n) is 10.1. The number of carbonyl (C=O) groups excluding carboxylic acids is 1. The number of benzene rings is 1. The number of hydrogen-bond acceptors (Lipinski definition) is 2. The normalized spacial score (nSPS) is 12.3. The Morgan fingerprint density at radius 2 is 1.88 bits per heavy atom. The average Bonchev–Trinajstić information content (AvgIpc) is 2.23. The number of nitrogens with one attached hydrogen (secondary N) is 2. The van der Waals surface area contributed by atoms with E-state index in [1.165, 1.54) is 0 Å². The lowest BCUT2D eigenvalue weighted by molar-refractivity contribution is -0.119. The number of hydrogen-bond donors (Lipinski definition) is 2. The van der Waals surface area contributed by atoms with Crippen LogP contribution in [0.5, 0.6) is 0 Å². The van der Waals surface area contributed by atoms with Gasteiger partial charge in [0.2, 0.25) is 5.91 Å². The average molecular weight is 364 g/mol. The zero-order chi connectivity index (χ0) is 13.0. The molecule has 1 unspecified atom stereocenters. The summed E-state index contributed by atoms with van der Waals surface area (Å²) in [6.07, 6.45) is 0. The van der Waals surface area contributed by atoms with Crippen molar-refractivity contribution in [2.75, 3.05) is 18.9 Å². The highest BCUT2D eigenvalue weighted by molar-refractivity contribution is 9.11. The maximum atomic E-state index is 11.9. The van der Waals surface area contributed by atoms with Gasteiger partial charge in [0.05, 0.1) is 5.69 Å². The standard InChI is InChI=1S/C12H16Br2N2O/c1-7-4-9(13)11(10(14)5-7)16-12(17)8(2)6-15-3/h4-5,8,15H,6H2,1-3H3,(H,16,17). The van der Waals surface area contributed by atoms with Crippen molar-refractivity contribution in [3.05, 3.63) is 26.6 Å². The van der Waals surface area contributed by atoms with Crippen LogP contribution in [0.2, 0.25) is 0 Å². The van der Waals surface area contributed by atoms with Gasteiger partial charge in [0.25, 0.3) is 0 Å². The van der Waals surface area contributed by atoms with Crippen LogP contribution in [0.4, 0.5) is 5.69 Å². The molecule has 0 saturated carbocycles. The molecule has 1 aromatic rings. The summed E-state index contributed by atoms with van der Waals surface area (Å²) in [5.41, 5.74) is 1.91. The first kappa shape index (κ1) is 14.7. The molecule has 1 rings (SSSR count). The predicted molar refractivity (Wildman–Crippen MR) is 78.3 cm³/mol. The van der Waals surface area contributed by atoms with Crippen LogP contribution in [0, 0.1) is 12.8 Å². The molecule has 5 heteroatoms. The molecule has 0 heterocycles. The topological polar surface area (TPSA) is 41.1 Å². The minimum Gasteiger partial charge on any atom is -0.324 e. The summed E-state index contributed by atoms with van der Waals surface area (Å²) in [5, 5.41) is 5.91. The molecule has 0 aliphatic carbocycles. The lowest BCUT2D eigenvalue weighted by Crippen LogP contribution is -2.28. The lowest BCUT2D eigenvalue weighted by atomic mass is 10.1. The van der Waals surface area contributed by atoms with E-state index >= 15 is 0 Å². The van der Waals surface area contributed by atoms with Crippen LogP contribution >= 0.6 is 31.9 Å². The fourth-order valence-electron chi connectivity index (χ4n) is 1.46. The number of halogens is 2. The minimum atomic E-state index is -0.0693. The molecule has 17 heavy (non-hydrogen) atoms. The molecule has 0 aliphatic heterocycles. The Morgan fingerprint density at radius 1 is 1.35 bits per heavy atom. The molecule has 3 nitrogen and oxygen atoms in total. The largest absolute Gasteiger partial charge is 0.324 e. The van der Waals surface area contributed by atoms with Crippen molar-refractivity contribution in [2.45, 2.75) is 13.8 Å². The molecular formula is C12H16Br2N2O. The van der Waals surface area contributed by atoms with E-state index in [9.17, 15) is 4.79 Å². The summed E-state index contributed by atoms with van der Waals surface area (Å²) in [6, 6.07) is 3.95. The molecule has 1 atom stereocenters. The van der Waals surface area contributed by atoms with E-state index in [0.717, 1.165) is 20.2 Å². The Bertz CT molecular complexity index is 398. The summed E-state index contributed by atoms with van der Waals surface area (Å²) in [6.45, 7) is 4.56.